The number of hydrogen-bond acceptors (Lipinski definition) is 3. The molecule has 0 amide bonds. The lowest BCUT2D eigenvalue weighted by Crippen LogP contribution is -2.40. The van der Waals surface area contributed by atoms with Gasteiger partial charge in [-0.1, -0.05) is 32.0 Å². The SMILES string of the molecule is CCS(=O)(=O)CCNC(=NC)NCCC(C)c1cccc(C(F)(F)F)c1. The Morgan fingerprint density at radius 2 is 1.88 bits per heavy atom. The maximum Gasteiger partial charge on any atom is 0.416 e. The zero-order chi connectivity index (χ0) is 19.8. The highest BCUT2D eigenvalue weighted by Crippen LogP contribution is 2.31. The molecule has 148 valence electrons. The van der Waals surface area contributed by atoms with E-state index in [0.717, 1.165) is 6.07 Å². The average Bonchev–Trinajstić information content (AvgIpc) is 2.59. The number of rotatable bonds is 8. The molecule has 2 N–H and O–H groups in total. The van der Waals surface area contributed by atoms with Gasteiger partial charge in [0.1, 0.15) is 0 Å². The van der Waals surface area contributed by atoms with E-state index in [0.29, 0.717) is 24.5 Å². The molecule has 0 fully saturated rings. The van der Waals surface area contributed by atoms with Gasteiger partial charge in [-0.15, -0.1) is 0 Å². The quantitative estimate of drug-likeness (QED) is 0.526. The van der Waals surface area contributed by atoms with Gasteiger partial charge in [-0.2, -0.15) is 13.2 Å². The lowest BCUT2D eigenvalue weighted by molar-refractivity contribution is -0.137. The molecule has 1 unspecified atom stereocenters. The smallest absolute Gasteiger partial charge is 0.356 e. The summed E-state index contributed by atoms with van der Waals surface area (Å²) < 4.78 is 61.2. The first-order chi connectivity index (χ1) is 12.1. The van der Waals surface area contributed by atoms with E-state index in [1.54, 1.807) is 20.0 Å². The van der Waals surface area contributed by atoms with E-state index in [4.69, 9.17) is 0 Å². The number of halogens is 3. The highest BCUT2D eigenvalue weighted by atomic mass is 32.2. The minimum atomic E-state index is -4.35. The fraction of sp³-hybridized carbons (Fsp3) is 0.588. The van der Waals surface area contributed by atoms with Gasteiger partial charge in [0.15, 0.2) is 15.8 Å². The van der Waals surface area contributed by atoms with Crippen LogP contribution in [0.2, 0.25) is 0 Å². The first-order valence-electron chi connectivity index (χ1n) is 8.41. The molecule has 1 atom stereocenters. The maximum absolute atomic E-state index is 12.8. The Balaban J connectivity index is 2.48. The first kappa shape index (κ1) is 22.3. The predicted octanol–water partition coefficient (Wildman–Crippen LogP) is 2.80. The van der Waals surface area contributed by atoms with Crippen LogP contribution in [-0.2, 0) is 16.0 Å². The normalized spacial score (nSPS) is 14.2. The molecule has 0 bridgehead atoms. The maximum atomic E-state index is 12.8. The van der Waals surface area contributed by atoms with E-state index in [2.05, 4.69) is 15.6 Å². The molecule has 9 heteroatoms. The van der Waals surface area contributed by atoms with Gasteiger partial charge in [-0.25, -0.2) is 8.42 Å². The third-order valence-corrected chi connectivity index (χ3v) is 5.73. The minimum absolute atomic E-state index is 0.0187. The molecule has 0 saturated carbocycles. The molecule has 0 aromatic heterocycles. The Kier molecular flexibility index (Phi) is 8.39. The van der Waals surface area contributed by atoms with E-state index in [1.165, 1.54) is 12.1 Å². The highest BCUT2D eigenvalue weighted by molar-refractivity contribution is 7.91. The fourth-order valence-corrected chi connectivity index (χ4v) is 2.99. The number of aliphatic imine (C=N–C) groups is 1. The van der Waals surface area contributed by atoms with E-state index >= 15 is 0 Å². The van der Waals surface area contributed by atoms with Gasteiger partial charge in [0.05, 0.1) is 11.3 Å². The molecule has 0 aliphatic rings. The Morgan fingerprint density at radius 1 is 1.23 bits per heavy atom. The van der Waals surface area contributed by atoms with Crippen molar-refractivity contribution in [3.8, 4) is 0 Å². The summed E-state index contributed by atoms with van der Waals surface area (Å²) in [6, 6.07) is 5.33. The Morgan fingerprint density at radius 3 is 2.46 bits per heavy atom. The Labute approximate surface area is 153 Å². The molecule has 1 aromatic carbocycles. The second-order valence-corrected chi connectivity index (χ2v) is 8.45. The Hall–Kier alpha value is -1.77. The van der Waals surface area contributed by atoms with Crippen LogP contribution in [0.5, 0.6) is 0 Å². The number of benzene rings is 1. The van der Waals surface area contributed by atoms with Crippen molar-refractivity contribution in [3.63, 3.8) is 0 Å². The van der Waals surface area contributed by atoms with Gasteiger partial charge in [-0.3, -0.25) is 4.99 Å². The van der Waals surface area contributed by atoms with Crippen molar-refractivity contribution in [3.05, 3.63) is 35.4 Å². The van der Waals surface area contributed by atoms with Gasteiger partial charge in [0, 0.05) is 25.9 Å². The number of nitrogens with one attached hydrogen (secondary N) is 2. The zero-order valence-corrected chi connectivity index (χ0v) is 16.0. The van der Waals surface area contributed by atoms with Gasteiger partial charge < -0.3 is 10.6 Å². The lowest BCUT2D eigenvalue weighted by Gasteiger charge is -2.16. The summed E-state index contributed by atoms with van der Waals surface area (Å²) in [5.74, 6) is 0.510. The number of nitrogens with zero attached hydrogens (tertiary/aromatic N) is 1. The Bertz CT molecular complexity index is 703. The van der Waals surface area contributed by atoms with Crippen molar-refractivity contribution >= 4 is 15.8 Å². The molecule has 1 aromatic rings. The molecule has 0 aliphatic heterocycles. The van der Waals surface area contributed by atoms with E-state index in [1.807, 2.05) is 6.92 Å². The molecule has 1 rings (SSSR count). The largest absolute Gasteiger partial charge is 0.416 e. The molecule has 0 radical (unpaired) electrons. The highest BCUT2D eigenvalue weighted by Gasteiger charge is 2.30. The molecule has 0 aliphatic carbocycles. The van der Waals surface area contributed by atoms with Crippen molar-refractivity contribution in [2.24, 2.45) is 4.99 Å². The number of guanidine groups is 1. The molecule has 0 heterocycles. The zero-order valence-electron chi connectivity index (χ0n) is 15.2. The van der Waals surface area contributed by atoms with Crippen LogP contribution < -0.4 is 10.6 Å². The number of alkyl halides is 3. The van der Waals surface area contributed by atoms with Crippen LogP contribution in [0.1, 0.15) is 37.3 Å². The van der Waals surface area contributed by atoms with Gasteiger partial charge in [0.2, 0.25) is 0 Å². The third kappa shape index (κ3) is 7.63. The van der Waals surface area contributed by atoms with E-state index in [9.17, 15) is 21.6 Å². The van der Waals surface area contributed by atoms with Crippen LogP contribution in [-0.4, -0.2) is 46.0 Å². The summed E-state index contributed by atoms with van der Waals surface area (Å²) in [4.78, 5) is 4.00. The van der Waals surface area contributed by atoms with Crippen LogP contribution in [0.25, 0.3) is 0 Å². The molecule has 5 nitrogen and oxygen atoms in total. The topological polar surface area (TPSA) is 70.6 Å². The minimum Gasteiger partial charge on any atom is -0.356 e. The van der Waals surface area contributed by atoms with E-state index < -0.39 is 21.6 Å². The summed E-state index contributed by atoms with van der Waals surface area (Å²) in [5, 5.41) is 5.95. The summed E-state index contributed by atoms with van der Waals surface area (Å²) in [7, 11) is -1.48. The summed E-state index contributed by atoms with van der Waals surface area (Å²) >= 11 is 0. The van der Waals surface area contributed by atoms with Gasteiger partial charge in [0.25, 0.3) is 0 Å². The van der Waals surface area contributed by atoms with Crippen molar-refractivity contribution in [2.45, 2.75) is 32.4 Å². The van der Waals surface area contributed by atoms with Crippen molar-refractivity contribution < 1.29 is 21.6 Å². The van der Waals surface area contributed by atoms with Gasteiger partial charge in [-0.05, 0) is 24.0 Å². The average molecular weight is 393 g/mol. The molecular formula is C17H26F3N3O2S. The first-order valence-corrected chi connectivity index (χ1v) is 10.2. The molecular weight excluding hydrogens is 367 g/mol. The van der Waals surface area contributed by atoms with Crippen LogP contribution >= 0.6 is 0 Å². The molecule has 0 saturated heterocycles. The monoisotopic (exact) mass is 393 g/mol. The lowest BCUT2D eigenvalue weighted by atomic mass is 9.96. The molecule has 0 spiro atoms. The summed E-state index contributed by atoms with van der Waals surface area (Å²) in [6.45, 7) is 4.20. The van der Waals surface area contributed by atoms with Crippen LogP contribution in [0.15, 0.2) is 29.3 Å². The second kappa shape index (κ2) is 9.80. The van der Waals surface area contributed by atoms with Crippen LogP contribution in [0.4, 0.5) is 13.2 Å². The summed E-state index contributed by atoms with van der Waals surface area (Å²) in [5.41, 5.74) is -0.0250. The van der Waals surface area contributed by atoms with Gasteiger partial charge >= 0.3 is 6.18 Å². The summed E-state index contributed by atoms with van der Waals surface area (Å²) in [6.07, 6.45) is -3.74. The third-order valence-electron chi connectivity index (χ3n) is 4.02. The number of hydrogen-bond donors (Lipinski definition) is 2. The standard InChI is InChI=1S/C17H26F3N3O2S/c1-4-26(24,25)11-10-23-16(21-3)22-9-8-13(2)14-6-5-7-15(12-14)17(18,19)20/h5-7,12-13H,4,8-11H2,1-3H3,(H2,21,22,23). The second-order valence-electron chi connectivity index (χ2n) is 5.98. The van der Waals surface area contributed by atoms with Crippen molar-refractivity contribution in [2.75, 3.05) is 31.6 Å². The van der Waals surface area contributed by atoms with Crippen molar-refractivity contribution in [1.29, 1.82) is 0 Å². The fourth-order valence-electron chi connectivity index (χ4n) is 2.29. The predicted molar refractivity (Wildman–Crippen MR) is 98.2 cm³/mol. The van der Waals surface area contributed by atoms with Crippen molar-refractivity contribution in [1.82, 2.24) is 10.6 Å². The van der Waals surface area contributed by atoms with Crippen LogP contribution in [0.3, 0.4) is 0 Å². The van der Waals surface area contributed by atoms with E-state index in [-0.39, 0.29) is 24.0 Å². The number of sulfone groups is 1. The molecule has 26 heavy (non-hydrogen) atoms. The van der Waals surface area contributed by atoms with Crippen LogP contribution in [0, 0.1) is 0 Å².